The van der Waals surface area contributed by atoms with Crippen LogP contribution in [-0.2, 0) is 4.74 Å². The first-order valence-electron chi connectivity index (χ1n) is 10.4. The molecule has 2 heterocycles. The third-order valence-electron chi connectivity index (χ3n) is 4.91. The number of benzene rings is 2. The summed E-state index contributed by atoms with van der Waals surface area (Å²) >= 11 is 0. The van der Waals surface area contributed by atoms with Crippen LogP contribution in [0.2, 0.25) is 0 Å². The summed E-state index contributed by atoms with van der Waals surface area (Å²) in [5.74, 6) is 0.147. The van der Waals surface area contributed by atoms with E-state index < -0.39 is 5.91 Å². The first-order valence-corrected chi connectivity index (χ1v) is 10.4. The maximum atomic E-state index is 11.9. The van der Waals surface area contributed by atoms with E-state index in [0.717, 1.165) is 49.6 Å². The Labute approximate surface area is 177 Å². The van der Waals surface area contributed by atoms with E-state index in [4.69, 9.17) is 15.2 Å². The minimum atomic E-state index is -0.554. The molecule has 0 bridgehead atoms. The number of aryl methyl sites for hydroxylation is 1. The molecular weight excluding hydrogens is 380 g/mol. The fraction of sp³-hybridized carbons (Fsp3) is 0.391. The van der Waals surface area contributed by atoms with Crippen LogP contribution >= 0.6 is 0 Å². The standard InChI is InChI=1S/C21H24N4O3.C2H6/c1-15-3-2-4-16(13-15)25-19-6-5-17(14-18(19)20(23-25)21(22)26)28-12-9-24-7-10-27-11-8-24;1-2/h2-6,13-14H,7-12H2,1H3,(H2,22,26);1-2H3. The van der Waals surface area contributed by atoms with E-state index in [9.17, 15) is 4.79 Å². The predicted octanol–water partition coefficient (Wildman–Crippen LogP) is 3.17. The zero-order valence-corrected chi connectivity index (χ0v) is 17.9. The van der Waals surface area contributed by atoms with Gasteiger partial charge in [-0.15, -0.1) is 0 Å². The average Bonchev–Trinajstić information content (AvgIpc) is 3.15. The van der Waals surface area contributed by atoms with Crippen LogP contribution in [0.15, 0.2) is 42.5 Å². The molecule has 1 aromatic heterocycles. The lowest BCUT2D eigenvalue weighted by molar-refractivity contribution is 0.0322. The fourth-order valence-electron chi connectivity index (χ4n) is 3.44. The fourth-order valence-corrected chi connectivity index (χ4v) is 3.44. The maximum absolute atomic E-state index is 11.9. The number of aromatic nitrogens is 2. The molecule has 3 aromatic rings. The lowest BCUT2D eigenvalue weighted by atomic mass is 10.2. The molecule has 1 aliphatic heterocycles. The van der Waals surface area contributed by atoms with Crippen molar-refractivity contribution < 1.29 is 14.3 Å². The maximum Gasteiger partial charge on any atom is 0.269 e. The molecule has 7 heteroatoms. The number of ether oxygens (including phenoxy) is 2. The molecule has 0 atom stereocenters. The van der Waals surface area contributed by atoms with Gasteiger partial charge in [0.15, 0.2) is 5.69 Å². The van der Waals surface area contributed by atoms with Gasteiger partial charge >= 0.3 is 0 Å². The van der Waals surface area contributed by atoms with Crippen molar-refractivity contribution in [1.29, 1.82) is 0 Å². The van der Waals surface area contributed by atoms with E-state index in [1.807, 2.05) is 63.2 Å². The molecule has 1 amide bonds. The average molecular weight is 411 g/mol. The number of amides is 1. The number of nitrogens with zero attached hydrogens (tertiary/aromatic N) is 3. The highest BCUT2D eigenvalue weighted by Gasteiger charge is 2.17. The topological polar surface area (TPSA) is 82.6 Å². The van der Waals surface area contributed by atoms with Gasteiger partial charge in [0, 0.05) is 25.0 Å². The van der Waals surface area contributed by atoms with Crippen molar-refractivity contribution in [1.82, 2.24) is 14.7 Å². The molecule has 160 valence electrons. The molecule has 0 saturated carbocycles. The third kappa shape index (κ3) is 4.98. The summed E-state index contributed by atoms with van der Waals surface area (Å²) in [5, 5.41) is 5.15. The third-order valence-corrected chi connectivity index (χ3v) is 4.91. The first kappa shape index (κ1) is 21.8. The van der Waals surface area contributed by atoms with Crippen LogP contribution in [0.4, 0.5) is 0 Å². The van der Waals surface area contributed by atoms with Gasteiger partial charge in [0.2, 0.25) is 0 Å². The van der Waals surface area contributed by atoms with Crippen molar-refractivity contribution in [2.24, 2.45) is 5.73 Å². The first-order chi connectivity index (χ1) is 14.6. The number of carbonyl (C=O) groups excluding carboxylic acids is 1. The Morgan fingerprint density at radius 2 is 1.93 bits per heavy atom. The molecule has 1 aliphatic rings. The number of hydrogen-bond donors (Lipinski definition) is 1. The van der Waals surface area contributed by atoms with Crippen LogP contribution in [0.3, 0.4) is 0 Å². The molecule has 0 aliphatic carbocycles. The molecule has 2 aromatic carbocycles. The lowest BCUT2D eigenvalue weighted by Crippen LogP contribution is -2.38. The second-order valence-electron chi connectivity index (χ2n) is 6.95. The highest BCUT2D eigenvalue weighted by Crippen LogP contribution is 2.26. The molecule has 7 nitrogen and oxygen atoms in total. The summed E-state index contributed by atoms with van der Waals surface area (Å²) in [7, 11) is 0. The summed E-state index contributed by atoms with van der Waals surface area (Å²) in [5.41, 5.74) is 8.64. The van der Waals surface area contributed by atoms with Crippen molar-refractivity contribution in [3.05, 3.63) is 53.7 Å². The molecule has 1 saturated heterocycles. The molecule has 0 spiro atoms. The van der Waals surface area contributed by atoms with Crippen LogP contribution in [0, 0.1) is 6.92 Å². The van der Waals surface area contributed by atoms with Crippen LogP contribution in [0.1, 0.15) is 29.9 Å². The van der Waals surface area contributed by atoms with Gasteiger partial charge in [-0.25, -0.2) is 4.68 Å². The lowest BCUT2D eigenvalue weighted by Gasteiger charge is -2.26. The monoisotopic (exact) mass is 410 g/mol. The van der Waals surface area contributed by atoms with Gasteiger partial charge in [0.25, 0.3) is 5.91 Å². The smallest absolute Gasteiger partial charge is 0.269 e. The second kappa shape index (κ2) is 10.2. The SMILES string of the molecule is CC.Cc1cccc(-n2nc(C(N)=O)c3cc(OCCN4CCOCC4)ccc32)c1. The zero-order valence-electron chi connectivity index (χ0n) is 17.9. The van der Waals surface area contributed by atoms with E-state index in [-0.39, 0.29) is 5.69 Å². The summed E-state index contributed by atoms with van der Waals surface area (Å²) in [4.78, 5) is 14.3. The van der Waals surface area contributed by atoms with Gasteiger partial charge in [-0.1, -0.05) is 26.0 Å². The number of primary amides is 1. The Morgan fingerprint density at radius 1 is 1.17 bits per heavy atom. The minimum absolute atomic E-state index is 0.245. The van der Waals surface area contributed by atoms with E-state index in [0.29, 0.717) is 17.7 Å². The molecule has 0 unspecified atom stereocenters. The Bertz CT molecular complexity index is 993. The van der Waals surface area contributed by atoms with Gasteiger partial charge in [0.05, 0.1) is 24.4 Å². The van der Waals surface area contributed by atoms with Crippen molar-refractivity contribution in [3.63, 3.8) is 0 Å². The van der Waals surface area contributed by atoms with Gasteiger partial charge < -0.3 is 15.2 Å². The predicted molar refractivity (Wildman–Crippen MR) is 118 cm³/mol. The van der Waals surface area contributed by atoms with Crippen LogP contribution in [-0.4, -0.2) is 60.0 Å². The zero-order chi connectivity index (χ0) is 21.5. The van der Waals surface area contributed by atoms with Gasteiger partial charge in [-0.3, -0.25) is 9.69 Å². The van der Waals surface area contributed by atoms with E-state index in [1.54, 1.807) is 4.68 Å². The largest absolute Gasteiger partial charge is 0.492 e. The Balaban J connectivity index is 0.00000124. The van der Waals surface area contributed by atoms with Gasteiger partial charge in [-0.05, 0) is 42.8 Å². The molecule has 1 fully saturated rings. The second-order valence-corrected chi connectivity index (χ2v) is 6.95. The number of morpholine rings is 1. The molecule has 4 rings (SSSR count). The number of hydrogen-bond acceptors (Lipinski definition) is 5. The van der Waals surface area contributed by atoms with E-state index in [2.05, 4.69) is 10.00 Å². The number of fused-ring (bicyclic) bond motifs is 1. The Kier molecular flexibility index (Phi) is 7.43. The molecule has 2 N–H and O–H groups in total. The normalized spacial score (nSPS) is 14.2. The quantitative estimate of drug-likeness (QED) is 0.675. The molecular formula is C23H30N4O3. The van der Waals surface area contributed by atoms with Crippen molar-refractivity contribution in [2.75, 3.05) is 39.5 Å². The van der Waals surface area contributed by atoms with Crippen LogP contribution in [0.5, 0.6) is 5.75 Å². The van der Waals surface area contributed by atoms with Crippen molar-refractivity contribution >= 4 is 16.8 Å². The highest BCUT2D eigenvalue weighted by atomic mass is 16.5. The van der Waals surface area contributed by atoms with Crippen LogP contribution < -0.4 is 10.5 Å². The van der Waals surface area contributed by atoms with Gasteiger partial charge in [-0.2, -0.15) is 5.10 Å². The summed E-state index contributed by atoms with van der Waals surface area (Å²) in [6.07, 6.45) is 0. The van der Waals surface area contributed by atoms with Crippen LogP contribution in [0.25, 0.3) is 16.6 Å². The number of rotatable bonds is 6. The van der Waals surface area contributed by atoms with Crippen molar-refractivity contribution in [3.8, 4) is 11.4 Å². The number of carbonyl (C=O) groups is 1. The van der Waals surface area contributed by atoms with Crippen molar-refractivity contribution in [2.45, 2.75) is 20.8 Å². The Morgan fingerprint density at radius 3 is 2.63 bits per heavy atom. The molecule has 0 radical (unpaired) electrons. The van der Waals surface area contributed by atoms with E-state index in [1.165, 1.54) is 0 Å². The van der Waals surface area contributed by atoms with Gasteiger partial charge in [0.1, 0.15) is 12.4 Å². The summed E-state index contributed by atoms with van der Waals surface area (Å²) in [6, 6.07) is 13.6. The summed E-state index contributed by atoms with van der Waals surface area (Å²) in [6.45, 7) is 10.8. The molecule has 30 heavy (non-hydrogen) atoms. The van der Waals surface area contributed by atoms with E-state index >= 15 is 0 Å². The minimum Gasteiger partial charge on any atom is -0.492 e. The summed E-state index contributed by atoms with van der Waals surface area (Å²) < 4.78 is 13.0. The Hall–Kier alpha value is -2.90. The number of nitrogens with two attached hydrogens (primary N) is 1. The highest BCUT2D eigenvalue weighted by molar-refractivity contribution is 6.04.